The summed E-state index contributed by atoms with van der Waals surface area (Å²) in [5.41, 5.74) is 0.626. The van der Waals surface area contributed by atoms with Gasteiger partial charge in [0.2, 0.25) is 0 Å². The second-order valence-electron chi connectivity index (χ2n) is 4.55. The monoisotopic (exact) mass is 281 g/mol. The Morgan fingerprint density at radius 1 is 1.05 bits per heavy atom. The predicted octanol–water partition coefficient (Wildman–Crippen LogP) is 1.56. The van der Waals surface area contributed by atoms with Gasteiger partial charge in [0.1, 0.15) is 5.75 Å². The zero-order valence-electron chi connectivity index (χ0n) is 12.2. The molecule has 5 nitrogen and oxygen atoms in total. The quantitative estimate of drug-likeness (QED) is 0.660. The molecule has 0 aromatic heterocycles. The number of benzene rings is 1. The van der Waals surface area contributed by atoms with Gasteiger partial charge in [0.25, 0.3) is 0 Å². The lowest BCUT2D eigenvalue weighted by Crippen LogP contribution is -2.32. The molecule has 0 unspecified atom stereocenters. The number of ketones is 1. The van der Waals surface area contributed by atoms with Crippen LogP contribution in [0.5, 0.6) is 5.75 Å². The van der Waals surface area contributed by atoms with Gasteiger partial charge in [0.05, 0.1) is 13.2 Å². The van der Waals surface area contributed by atoms with Gasteiger partial charge in [-0.1, -0.05) is 0 Å². The first-order valence-corrected chi connectivity index (χ1v) is 6.70. The van der Waals surface area contributed by atoms with Crippen LogP contribution in [0.4, 0.5) is 0 Å². The fourth-order valence-corrected chi connectivity index (χ4v) is 1.83. The van der Waals surface area contributed by atoms with Gasteiger partial charge >= 0.3 is 0 Å². The van der Waals surface area contributed by atoms with Crippen LogP contribution < -0.4 is 0 Å². The molecule has 1 rings (SSSR count). The summed E-state index contributed by atoms with van der Waals surface area (Å²) >= 11 is 0. The van der Waals surface area contributed by atoms with Gasteiger partial charge in [0, 0.05) is 45.8 Å². The largest absolute Gasteiger partial charge is 0.508 e. The molecule has 0 spiro atoms. The average molecular weight is 281 g/mol. The first-order valence-electron chi connectivity index (χ1n) is 6.70. The van der Waals surface area contributed by atoms with Gasteiger partial charge in [-0.3, -0.25) is 9.69 Å². The molecule has 0 bridgehead atoms. The van der Waals surface area contributed by atoms with E-state index in [2.05, 4.69) is 4.90 Å². The highest BCUT2D eigenvalue weighted by molar-refractivity contribution is 5.96. The molecule has 1 aromatic rings. The van der Waals surface area contributed by atoms with Gasteiger partial charge in [-0.2, -0.15) is 0 Å². The number of methoxy groups -OCH3 is 2. The predicted molar refractivity (Wildman–Crippen MR) is 77.2 cm³/mol. The third kappa shape index (κ3) is 6.14. The maximum atomic E-state index is 12.0. The van der Waals surface area contributed by atoms with Crippen molar-refractivity contribution >= 4 is 5.78 Å². The van der Waals surface area contributed by atoms with E-state index in [1.165, 1.54) is 12.1 Å². The summed E-state index contributed by atoms with van der Waals surface area (Å²) in [4.78, 5) is 14.2. The molecule has 1 aromatic carbocycles. The van der Waals surface area contributed by atoms with E-state index in [1.807, 2.05) is 0 Å². The Kier molecular flexibility index (Phi) is 7.87. The Morgan fingerprint density at radius 3 is 2.10 bits per heavy atom. The second kappa shape index (κ2) is 9.47. The zero-order chi connectivity index (χ0) is 14.8. The highest BCUT2D eigenvalue weighted by Crippen LogP contribution is 2.11. The molecule has 0 saturated heterocycles. The fourth-order valence-electron chi connectivity index (χ4n) is 1.83. The minimum absolute atomic E-state index is 0.0739. The summed E-state index contributed by atoms with van der Waals surface area (Å²) in [6.07, 6.45) is 0.443. The number of hydrogen-bond acceptors (Lipinski definition) is 5. The Hall–Kier alpha value is -1.43. The third-order valence-corrected chi connectivity index (χ3v) is 3.07. The molecule has 0 fully saturated rings. The smallest absolute Gasteiger partial charge is 0.164 e. The van der Waals surface area contributed by atoms with E-state index in [0.717, 1.165) is 13.1 Å². The SMILES string of the molecule is COCCN(CCOC)CCC(=O)c1ccc(O)cc1. The van der Waals surface area contributed by atoms with Crippen LogP contribution in [0.25, 0.3) is 0 Å². The van der Waals surface area contributed by atoms with E-state index in [1.54, 1.807) is 26.4 Å². The van der Waals surface area contributed by atoms with Crippen LogP contribution in [-0.2, 0) is 9.47 Å². The Morgan fingerprint density at radius 2 is 1.60 bits per heavy atom. The highest BCUT2D eigenvalue weighted by Gasteiger charge is 2.10. The summed E-state index contributed by atoms with van der Waals surface area (Å²) in [7, 11) is 3.33. The van der Waals surface area contributed by atoms with Gasteiger partial charge in [-0.15, -0.1) is 0 Å². The van der Waals surface area contributed by atoms with Crippen LogP contribution in [0.1, 0.15) is 16.8 Å². The third-order valence-electron chi connectivity index (χ3n) is 3.07. The van der Waals surface area contributed by atoms with Crippen molar-refractivity contribution in [3.63, 3.8) is 0 Å². The molecule has 0 aliphatic carbocycles. The summed E-state index contributed by atoms with van der Waals surface area (Å²) < 4.78 is 10.1. The van der Waals surface area contributed by atoms with E-state index < -0.39 is 0 Å². The molecule has 20 heavy (non-hydrogen) atoms. The van der Waals surface area contributed by atoms with Crippen molar-refractivity contribution in [3.8, 4) is 5.75 Å². The number of rotatable bonds is 10. The molecule has 0 amide bonds. The Bertz CT molecular complexity index is 383. The number of phenols is 1. The molecule has 0 atom stereocenters. The van der Waals surface area contributed by atoms with Gasteiger partial charge in [-0.05, 0) is 24.3 Å². The number of aromatic hydroxyl groups is 1. The molecule has 0 aliphatic heterocycles. The molecular weight excluding hydrogens is 258 g/mol. The normalized spacial score (nSPS) is 10.9. The number of ether oxygens (including phenoxy) is 2. The van der Waals surface area contributed by atoms with Crippen molar-refractivity contribution in [2.75, 3.05) is 47.1 Å². The van der Waals surface area contributed by atoms with Crippen molar-refractivity contribution in [1.82, 2.24) is 4.90 Å². The van der Waals surface area contributed by atoms with Crippen LogP contribution >= 0.6 is 0 Å². The van der Waals surface area contributed by atoms with Crippen LogP contribution in [0.3, 0.4) is 0 Å². The summed E-state index contributed by atoms with van der Waals surface area (Å²) in [6, 6.07) is 6.35. The molecule has 0 radical (unpaired) electrons. The molecule has 1 N–H and O–H groups in total. The number of Topliss-reactive ketones (excluding diaryl/α,β-unsaturated/α-hetero) is 1. The van der Waals surface area contributed by atoms with Crippen LogP contribution in [-0.4, -0.2) is 62.9 Å². The summed E-state index contributed by atoms with van der Waals surface area (Å²) in [5, 5.41) is 9.20. The number of carbonyl (C=O) groups excluding carboxylic acids is 1. The second-order valence-corrected chi connectivity index (χ2v) is 4.55. The highest BCUT2D eigenvalue weighted by atomic mass is 16.5. The van der Waals surface area contributed by atoms with Crippen molar-refractivity contribution < 1.29 is 19.4 Å². The molecular formula is C15H23NO4. The lowest BCUT2D eigenvalue weighted by molar-refractivity contribution is 0.0911. The van der Waals surface area contributed by atoms with Gasteiger partial charge < -0.3 is 14.6 Å². The maximum absolute atomic E-state index is 12.0. The summed E-state index contributed by atoms with van der Waals surface area (Å²) in [5.74, 6) is 0.244. The lowest BCUT2D eigenvalue weighted by atomic mass is 10.1. The summed E-state index contributed by atoms with van der Waals surface area (Å²) in [6.45, 7) is 3.51. The Balaban J connectivity index is 2.44. The number of hydrogen-bond donors (Lipinski definition) is 1. The topological polar surface area (TPSA) is 59.0 Å². The van der Waals surface area contributed by atoms with Crippen LogP contribution in [0.15, 0.2) is 24.3 Å². The first kappa shape index (κ1) is 16.6. The standard InChI is InChI=1S/C15H23NO4/c1-19-11-9-16(10-12-20-2)8-7-15(18)13-3-5-14(17)6-4-13/h3-6,17H,7-12H2,1-2H3. The molecule has 5 heteroatoms. The fraction of sp³-hybridized carbons (Fsp3) is 0.533. The van der Waals surface area contributed by atoms with E-state index in [9.17, 15) is 9.90 Å². The van der Waals surface area contributed by atoms with Gasteiger partial charge in [-0.25, -0.2) is 0 Å². The average Bonchev–Trinajstić information content (AvgIpc) is 2.47. The van der Waals surface area contributed by atoms with E-state index in [0.29, 0.717) is 31.7 Å². The van der Waals surface area contributed by atoms with E-state index in [4.69, 9.17) is 9.47 Å². The van der Waals surface area contributed by atoms with Crippen molar-refractivity contribution in [3.05, 3.63) is 29.8 Å². The van der Waals surface area contributed by atoms with Gasteiger partial charge in [0.15, 0.2) is 5.78 Å². The number of nitrogens with zero attached hydrogens (tertiary/aromatic N) is 1. The number of carbonyl (C=O) groups is 1. The van der Waals surface area contributed by atoms with E-state index in [-0.39, 0.29) is 11.5 Å². The molecule has 0 saturated carbocycles. The maximum Gasteiger partial charge on any atom is 0.164 e. The van der Waals surface area contributed by atoms with E-state index >= 15 is 0 Å². The Labute approximate surface area is 120 Å². The van der Waals surface area contributed by atoms with Crippen LogP contribution in [0, 0.1) is 0 Å². The molecule has 0 aliphatic rings. The van der Waals surface area contributed by atoms with Crippen molar-refractivity contribution in [2.24, 2.45) is 0 Å². The van der Waals surface area contributed by atoms with Crippen molar-refractivity contribution in [1.29, 1.82) is 0 Å². The molecule has 0 heterocycles. The molecule has 112 valence electrons. The lowest BCUT2D eigenvalue weighted by Gasteiger charge is -2.21. The van der Waals surface area contributed by atoms with Crippen LogP contribution in [0.2, 0.25) is 0 Å². The number of phenolic OH excluding ortho intramolecular Hbond substituents is 1. The zero-order valence-corrected chi connectivity index (χ0v) is 12.2. The van der Waals surface area contributed by atoms with Crippen molar-refractivity contribution in [2.45, 2.75) is 6.42 Å². The first-order chi connectivity index (χ1) is 9.67. The minimum Gasteiger partial charge on any atom is -0.508 e. The minimum atomic E-state index is 0.0739.